The smallest absolute Gasteiger partial charge is 0.418 e. The molecule has 0 amide bonds. The van der Waals surface area contributed by atoms with Crippen LogP contribution in [0, 0.1) is 0 Å². The summed E-state index contributed by atoms with van der Waals surface area (Å²) < 4.78 is 52.9. The molecule has 0 aliphatic rings. The second-order valence-corrected chi connectivity index (χ2v) is 9.47. The number of halogens is 3. The Balaban J connectivity index is 1.54. The molecule has 5 rings (SSSR count). The van der Waals surface area contributed by atoms with Crippen LogP contribution in [-0.2, 0) is 17.4 Å². The van der Waals surface area contributed by atoms with Crippen LogP contribution in [0.15, 0.2) is 103 Å². The number of carbonyl (C=O) groups excluding carboxylic acids is 1. The molecule has 0 spiro atoms. The van der Waals surface area contributed by atoms with Gasteiger partial charge in [-0.2, -0.15) is 13.2 Å². The maximum Gasteiger partial charge on any atom is 0.418 e. The van der Waals surface area contributed by atoms with Gasteiger partial charge in [0.2, 0.25) is 0 Å². The number of pyridine rings is 1. The maximum atomic E-state index is 13.9. The van der Waals surface area contributed by atoms with Crippen LogP contribution in [0.4, 0.5) is 13.2 Å². The normalized spacial score (nSPS) is 12.2. The first-order valence-electron chi connectivity index (χ1n) is 12.8. The Kier molecular flexibility index (Phi) is 7.56. The van der Waals surface area contributed by atoms with E-state index in [4.69, 9.17) is 9.47 Å². The Hall–Kier alpha value is -4.65. The zero-order valence-corrected chi connectivity index (χ0v) is 21.9. The summed E-state index contributed by atoms with van der Waals surface area (Å²) in [5, 5.41) is 0.425. The standard InChI is InChI=1S/C33H26F3NO3/c1-21(24-14-16-27(17-15-24)40-22(2)38)39-28-11-6-10-25(19-28)31-26(18-23-8-4-3-5-9-23)20-37-32-29(31)12-7-13-30(32)33(34,35)36/h3-17,19-21H,18H2,1-2H3/t21-/m0/s1. The van der Waals surface area contributed by atoms with Crippen LogP contribution < -0.4 is 9.47 Å². The largest absolute Gasteiger partial charge is 0.486 e. The third-order valence-electron chi connectivity index (χ3n) is 6.57. The molecule has 0 radical (unpaired) electrons. The first-order chi connectivity index (χ1) is 19.2. The van der Waals surface area contributed by atoms with E-state index in [-0.39, 0.29) is 11.6 Å². The highest BCUT2D eigenvalue weighted by molar-refractivity contribution is 5.98. The third kappa shape index (κ3) is 5.99. The van der Waals surface area contributed by atoms with Gasteiger partial charge in [0.15, 0.2) is 0 Å². The molecule has 0 bridgehead atoms. The highest BCUT2D eigenvalue weighted by Crippen LogP contribution is 2.40. The van der Waals surface area contributed by atoms with E-state index in [1.165, 1.54) is 13.0 Å². The average Bonchev–Trinajstić information content (AvgIpc) is 2.93. The fourth-order valence-corrected chi connectivity index (χ4v) is 4.75. The monoisotopic (exact) mass is 541 g/mol. The Morgan fingerprint density at radius 1 is 0.875 bits per heavy atom. The molecule has 4 nitrogen and oxygen atoms in total. The Morgan fingerprint density at radius 2 is 1.60 bits per heavy atom. The van der Waals surface area contributed by atoms with Crippen LogP contribution in [-0.4, -0.2) is 11.0 Å². The van der Waals surface area contributed by atoms with Crippen molar-refractivity contribution in [2.45, 2.75) is 32.5 Å². The van der Waals surface area contributed by atoms with Crippen molar-refractivity contribution in [2.75, 3.05) is 0 Å². The van der Waals surface area contributed by atoms with Crippen molar-refractivity contribution >= 4 is 16.9 Å². The molecule has 0 saturated heterocycles. The van der Waals surface area contributed by atoms with Gasteiger partial charge in [-0.05, 0) is 71.5 Å². The Morgan fingerprint density at radius 3 is 2.30 bits per heavy atom. The zero-order valence-electron chi connectivity index (χ0n) is 21.9. The van der Waals surface area contributed by atoms with Gasteiger partial charge in [0, 0.05) is 18.5 Å². The molecule has 0 aliphatic heterocycles. The first kappa shape index (κ1) is 26.9. The average molecular weight is 542 g/mol. The number of benzene rings is 4. The van der Waals surface area contributed by atoms with Crippen molar-refractivity contribution in [3.8, 4) is 22.6 Å². The van der Waals surface area contributed by atoms with Crippen molar-refractivity contribution in [3.05, 3.63) is 126 Å². The van der Waals surface area contributed by atoms with Crippen LogP contribution in [0.3, 0.4) is 0 Å². The van der Waals surface area contributed by atoms with Crippen molar-refractivity contribution in [1.29, 1.82) is 0 Å². The number of aromatic nitrogens is 1. The van der Waals surface area contributed by atoms with Gasteiger partial charge in [0.25, 0.3) is 0 Å². The van der Waals surface area contributed by atoms with Crippen LogP contribution in [0.1, 0.15) is 42.2 Å². The summed E-state index contributed by atoms with van der Waals surface area (Å²) in [7, 11) is 0. The number of esters is 1. The lowest BCUT2D eigenvalue weighted by Gasteiger charge is -2.19. The van der Waals surface area contributed by atoms with Crippen LogP contribution >= 0.6 is 0 Å². The lowest BCUT2D eigenvalue weighted by Crippen LogP contribution is -2.07. The molecule has 40 heavy (non-hydrogen) atoms. The summed E-state index contributed by atoms with van der Waals surface area (Å²) in [6.07, 6.45) is -2.82. The number of alkyl halides is 3. The third-order valence-corrected chi connectivity index (χ3v) is 6.57. The van der Waals surface area contributed by atoms with E-state index in [1.807, 2.05) is 73.7 Å². The number of nitrogens with zero attached hydrogens (tertiary/aromatic N) is 1. The summed E-state index contributed by atoms with van der Waals surface area (Å²) in [6, 6.07) is 28.3. The molecule has 1 aromatic heterocycles. The molecule has 5 aromatic rings. The summed E-state index contributed by atoms with van der Waals surface area (Å²) in [5.41, 5.74) is 3.26. The summed E-state index contributed by atoms with van der Waals surface area (Å²) in [5.74, 6) is 0.613. The van der Waals surface area contributed by atoms with E-state index in [0.29, 0.717) is 28.9 Å². The zero-order chi connectivity index (χ0) is 28.3. The van der Waals surface area contributed by atoms with Crippen molar-refractivity contribution in [3.63, 3.8) is 0 Å². The second kappa shape index (κ2) is 11.2. The minimum Gasteiger partial charge on any atom is -0.486 e. The lowest BCUT2D eigenvalue weighted by atomic mass is 9.91. The molecule has 0 unspecified atom stereocenters. The minimum absolute atomic E-state index is 0.0885. The minimum atomic E-state index is -4.53. The molecular weight excluding hydrogens is 515 g/mol. The number of rotatable bonds is 7. The van der Waals surface area contributed by atoms with Gasteiger partial charge >= 0.3 is 12.1 Å². The van der Waals surface area contributed by atoms with Gasteiger partial charge < -0.3 is 9.47 Å². The fourth-order valence-electron chi connectivity index (χ4n) is 4.75. The van der Waals surface area contributed by atoms with Crippen molar-refractivity contribution < 1.29 is 27.4 Å². The number of ether oxygens (including phenoxy) is 2. The highest BCUT2D eigenvalue weighted by atomic mass is 19.4. The second-order valence-electron chi connectivity index (χ2n) is 9.47. The molecule has 1 heterocycles. The number of hydrogen-bond acceptors (Lipinski definition) is 4. The Bertz CT molecular complexity index is 1650. The van der Waals surface area contributed by atoms with Crippen LogP contribution in [0.5, 0.6) is 11.5 Å². The summed E-state index contributed by atoms with van der Waals surface area (Å²) in [6.45, 7) is 3.24. The first-order valence-corrected chi connectivity index (χ1v) is 12.8. The van der Waals surface area contributed by atoms with E-state index in [0.717, 1.165) is 28.3 Å². The predicted octanol–water partition coefficient (Wildman–Crippen LogP) is 8.58. The predicted molar refractivity (Wildman–Crippen MR) is 148 cm³/mol. The topological polar surface area (TPSA) is 48.4 Å². The van der Waals surface area contributed by atoms with Gasteiger partial charge in [-0.25, -0.2) is 0 Å². The molecule has 1 atom stereocenters. The van der Waals surface area contributed by atoms with E-state index in [9.17, 15) is 18.0 Å². The molecule has 0 fully saturated rings. The molecule has 202 valence electrons. The van der Waals surface area contributed by atoms with E-state index >= 15 is 0 Å². The lowest BCUT2D eigenvalue weighted by molar-refractivity contribution is -0.136. The van der Waals surface area contributed by atoms with Crippen LogP contribution in [0.2, 0.25) is 0 Å². The Labute approximate surface area is 230 Å². The molecule has 0 saturated carbocycles. The van der Waals surface area contributed by atoms with E-state index < -0.39 is 17.7 Å². The molecule has 0 N–H and O–H groups in total. The van der Waals surface area contributed by atoms with Gasteiger partial charge in [0.05, 0.1) is 11.1 Å². The van der Waals surface area contributed by atoms with Crippen LogP contribution in [0.25, 0.3) is 22.0 Å². The molecule has 7 heteroatoms. The van der Waals surface area contributed by atoms with Crippen molar-refractivity contribution in [1.82, 2.24) is 4.98 Å². The highest BCUT2D eigenvalue weighted by Gasteiger charge is 2.33. The molecule has 4 aromatic carbocycles. The maximum absolute atomic E-state index is 13.9. The quantitative estimate of drug-likeness (QED) is 0.153. The number of carbonyl (C=O) groups is 1. The summed E-state index contributed by atoms with van der Waals surface area (Å²) in [4.78, 5) is 15.5. The van der Waals surface area contributed by atoms with Gasteiger partial charge in [-0.3, -0.25) is 9.78 Å². The summed E-state index contributed by atoms with van der Waals surface area (Å²) >= 11 is 0. The van der Waals surface area contributed by atoms with Gasteiger partial charge in [-0.15, -0.1) is 0 Å². The van der Waals surface area contributed by atoms with Crippen molar-refractivity contribution in [2.24, 2.45) is 0 Å². The fraction of sp³-hybridized carbons (Fsp3) is 0.152. The number of para-hydroxylation sites is 1. The molecular formula is C33H26F3NO3. The van der Waals surface area contributed by atoms with E-state index in [1.54, 1.807) is 24.4 Å². The van der Waals surface area contributed by atoms with Gasteiger partial charge in [-0.1, -0.05) is 66.7 Å². The van der Waals surface area contributed by atoms with Gasteiger partial charge in [0.1, 0.15) is 17.6 Å². The number of hydrogen-bond donors (Lipinski definition) is 0. The molecule has 0 aliphatic carbocycles. The SMILES string of the molecule is CC(=O)Oc1ccc([C@H](C)Oc2cccc(-c3c(Cc4ccccc4)cnc4c(C(F)(F)F)cccc34)c2)cc1. The number of fused-ring (bicyclic) bond motifs is 1. The van der Waals surface area contributed by atoms with E-state index in [2.05, 4.69) is 4.98 Å².